The maximum absolute atomic E-state index is 13.7. The van der Waals surface area contributed by atoms with Gasteiger partial charge in [0.25, 0.3) is 5.56 Å². The molecule has 4 nitrogen and oxygen atoms in total. The average molecular weight is 550 g/mol. The Labute approximate surface area is 212 Å². The van der Waals surface area contributed by atoms with E-state index in [4.69, 9.17) is 16.6 Å². The van der Waals surface area contributed by atoms with Crippen molar-refractivity contribution in [2.75, 3.05) is 0 Å². The van der Waals surface area contributed by atoms with E-state index in [2.05, 4.69) is 46.3 Å². The summed E-state index contributed by atoms with van der Waals surface area (Å²) < 4.78 is 3.02. The number of phenols is 1. The van der Waals surface area contributed by atoms with Gasteiger partial charge in [-0.1, -0.05) is 93.5 Å². The molecule has 0 radical (unpaired) electrons. The normalized spacial score (nSPS) is 17.1. The minimum absolute atomic E-state index is 0.0523. The van der Waals surface area contributed by atoms with E-state index >= 15 is 0 Å². The Bertz CT molecular complexity index is 1670. The Kier molecular flexibility index (Phi) is 5.32. The van der Waals surface area contributed by atoms with Crippen LogP contribution in [0.15, 0.2) is 86.6 Å². The summed E-state index contributed by atoms with van der Waals surface area (Å²) in [4.78, 5) is 19.4. The smallest absolute Gasteiger partial charge is 0.271 e. The number of allylic oxidation sites excluding steroid dienone is 1. The largest absolute Gasteiger partial charge is 0.506 e. The molecule has 0 bridgehead atoms. The zero-order valence-electron chi connectivity index (χ0n) is 17.8. The van der Waals surface area contributed by atoms with E-state index in [0.717, 1.165) is 39.7 Å². The van der Waals surface area contributed by atoms with Crippen LogP contribution in [0.1, 0.15) is 34.7 Å². The minimum atomic E-state index is -0.220. The van der Waals surface area contributed by atoms with E-state index in [-0.39, 0.29) is 22.4 Å². The van der Waals surface area contributed by atoms with Crippen LogP contribution >= 0.6 is 38.9 Å². The van der Waals surface area contributed by atoms with Gasteiger partial charge in [0.1, 0.15) is 5.75 Å². The highest BCUT2D eigenvalue weighted by molar-refractivity contribution is 9.10. The highest BCUT2D eigenvalue weighted by Gasteiger charge is 2.32. The topological polar surface area (TPSA) is 54.6 Å². The maximum atomic E-state index is 13.7. The van der Waals surface area contributed by atoms with Gasteiger partial charge in [-0.3, -0.25) is 9.36 Å². The van der Waals surface area contributed by atoms with Crippen LogP contribution in [0, 0.1) is 0 Å². The molecular formula is C27H18BrClN2O2S. The Morgan fingerprint density at radius 1 is 1.09 bits per heavy atom. The van der Waals surface area contributed by atoms with Gasteiger partial charge in [0.15, 0.2) is 4.80 Å². The van der Waals surface area contributed by atoms with E-state index in [1.165, 1.54) is 16.9 Å². The van der Waals surface area contributed by atoms with Crippen molar-refractivity contribution >= 4 is 50.6 Å². The number of fused-ring (bicyclic) bond motifs is 3. The van der Waals surface area contributed by atoms with Gasteiger partial charge in [-0.2, -0.15) is 0 Å². The Hall–Kier alpha value is -2.93. The SMILES string of the molecule is O=c1/c(=C\c2cc(Br)cc(Cl)c2O)sc2n1[C@H](c1ccccc1)C1=C(N=2)c2ccccc2CC1. The quantitative estimate of drug-likeness (QED) is 0.362. The third-order valence-electron chi connectivity index (χ3n) is 6.33. The first-order valence-electron chi connectivity index (χ1n) is 10.9. The fourth-order valence-electron chi connectivity index (χ4n) is 4.79. The van der Waals surface area contributed by atoms with Crippen molar-refractivity contribution in [1.82, 2.24) is 4.57 Å². The number of thiazole rings is 1. The van der Waals surface area contributed by atoms with Crippen LogP contribution in [-0.4, -0.2) is 9.67 Å². The van der Waals surface area contributed by atoms with Crippen LogP contribution in [-0.2, 0) is 6.42 Å². The zero-order valence-corrected chi connectivity index (χ0v) is 21.0. The number of phenolic OH excluding ortho intramolecular Hbond substituents is 1. The molecule has 168 valence electrons. The lowest BCUT2D eigenvalue weighted by molar-refractivity contribution is 0.474. The number of aromatic hydroxyl groups is 1. The first kappa shape index (κ1) is 21.6. The van der Waals surface area contributed by atoms with Gasteiger partial charge in [-0.15, -0.1) is 0 Å². The summed E-state index contributed by atoms with van der Waals surface area (Å²) in [6.07, 6.45) is 3.46. The second-order valence-corrected chi connectivity index (χ2v) is 10.7. The third kappa shape index (κ3) is 3.49. The van der Waals surface area contributed by atoms with Crippen LogP contribution in [0.25, 0.3) is 11.8 Å². The van der Waals surface area contributed by atoms with E-state index in [0.29, 0.717) is 14.9 Å². The van der Waals surface area contributed by atoms with Crippen molar-refractivity contribution in [1.29, 1.82) is 0 Å². The van der Waals surface area contributed by atoms with Crippen LogP contribution < -0.4 is 14.9 Å². The third-order valence-corrected chi connectivity index (χ3v) is 8.06. The predicted molar refractivity (Wildman–Crippen MR) is 140 cm³/mol. The lowest BCUT2D eigenvalue weighted by atomic mass is 9.83. The summed E-state index contributed by atoms with van der Waals surface area (Å²) in [7, 11) is 0. The number of aromatic nitrogens is 1. The Morgan fingerprint density at radius 3 is 2.68 bits per heavy atom. The second-order valence-electron chi connectivity index (χ2n) is 8.35. The number of hydrogen-bond donors (Lipinski definition) is 1. The van der Waals surface area contributed by atoms with Crippen LogP contribution in [0.4, 0.5) is 0 Å². The molecule has 1 aliphatic heterocycles. The minimum Gasteiger partial charge on any atom is -0.506 e. The number of halogens is 2. The molecule has 0 unspecified atom stereocenters. The summed E-state index contributed by atoms with van der Waals surface area (Å²) >= 11 is 10.9. The van der Waals surface area contributed by atoms with Crippen molar-refractivity contribution < 1.29 is 5.11 Å². The molecule has 4 aromatic rings. The molecule has 1 atom stereocenters. The maximum Gasteiger partial charge on any atom is 0.271 e. The van der Waals surface area contributed by atoms with Crippen molar-refractivity contribution in [3.05, 3.63) is 124 Å². The molecule has 1 N–H and O–H groups in total. The van der Waals surface area contributed by atoms with Gasteiger partial charge >= 0.3 is 0 Å². The molecule has 0 spiro atoms. The number of aryl methyl sites for hydroxylation is 1. The number of rotatable bonds is 2. The first-order chi connectivity index (χ1) is 16.5. The molecule has 1 aromatic heterocycles. The first-order valence-corrected chi connectivity index (χ1v) is 12.9. The molecule has 34 heavy (non-hydrogen) atoms. The van der Waals surface area contributed by atoms with Gasteiger partial charge in [0.05, 0.1) is 21.3 Å². The van der Waals surface area contributed by atoms with Crippen molar-refractivity contribution in [3.8, 4) is 5.75 Å². The summed E-state index contributed by atoms with van der Waals surface area (Å²) in [6.45, 7) is 0. The fourth-order valence-corrected chi connectivity index (χ4v) is 6.62. The van der Waals surface area contributed by atoms with E-state index in [1.54, 1.807) is 22.8 Å². The molecule has 0 saturated carbocycles. The molecular weight excluding hydrogens is 532 g/mol. The molecule has 1 aliphatic carbocycles. The summed E-state index contributed by atoms with van der Waals surface area (Å²) in [5.41, 5.74) is 5.97. The predicted octanol–water partition coefficient (Wildman–Crippen LogP) is 5.44. The van der Waals surface area contributed by atoms with Crippen molar-refractivity contribution in [3.63, 3.8) is 0 Å². The molecule has 0 fully saturated rings. The fraction of sp³-hybridized carbons (Fsp3) is 0.111. The lowest BCUT2D eigenvalue weighted by Crippen LogP contribution is -2.38. The van der Waals surface area contributed by atoms with Crippen LogP contribution in [0.5, 0.6) is 5.75 Å². The van der Waals surface area contributed by atoms with Gasteiger partial charge in [0.2, 0.25) is 0 Å². The number of benzene rings is 3. The molecule has 2 aliphatic rings. The van der Waals surface area contributed by atoms with Crippen molar-refractivity contribution in [2.45, 2.75) is 18.9 Å². The van der Waals surface area contributed by atoms with Crippen LogP contribution in [0.2, 0.25) is 5.02 Å². The van der Waals surface area contributed by atoms with Crippen molar-refractivity contribution in [2.24, 2.45) is 4.99 Å². The molecule has 7 heteroatoms. The second kappa shape index (κ2) is 8.38. The van der Waals surface area contributed by atoms with Gasteiger partial charge in [-0.05, 0) is 47.8 Å². The standard InChI is InChI=1S/C27H18BrClN2O2S/c28-18-12-17(25(32)21(29)14-18)13-22-26(33)31-24(16-7-2-1-3-8-16)20-11-10-15-6-4-5-9-19(15)23(20)30-27(31)34-22/h1-9,12-14,24,32H,10-11H2/b22-13+/t24-/m1/s1. The molecule has 6 rings (SSSR count). The van der Waals surface area contributed by atoms with E-state index < -0.39 is 0 Å². The monoisotopic (exact) mass is 548 g/mol. The van der Waals surface area contributed by atoms with E-state index in [9.17, 15) is 9.90 Å². The summed E-state index contributed by atoms with van der Waals surface area (Å²) in [5.74, 6) is -0.0523. The number of hydrogen-bond acceptors (Lipinski definition) is 4. The van der Waals surface area contributed by atoms with Gasteiger partial charge in [-0.25, -0.2) is 4.99 Å². The molecule has 3 aromatic carbocycles. The molecule has 0 saturated heterocycles. The highest BCUT2D eigenvalue weighted by atomic mass is 79.9. The van der Waals surface area contributed by atoms with Gasteiger partial charge < -0.3 is 5.11 Å². The summed E-state index contributed by atoms with van der Waals surface area (Å²) in [5, 5.41) is 10.7. The zero-order chi connectivity index (χ0) is 23.4. The average Bonchev–Trinajstić information content (AvgIpc) is 3.16. The van der Waals surface area contributed by atoms with Gasteiger partial charge in [0, 0.05) is 15.6 Å². The molecule has 0 amide bonds. The van der Waals surface area contributed by atoms with E-state index in [1.807, 2.05) is 24.3 Å². The highest BCUT2D eigenvalue weighted by Crippen LogP contribution is 2.41. The summed E-state index contributed by atoms with van der Waals surface area (Å²) in [6, 6.07) is 21.6. The van der Waals surface area contributed by atoms with Crippen LogP contribution in [0.3, 0.4) is 0 Å². The number of nitrogens with zero attached hydrogens (tertiary/aromatic N) is 2. The Morgan fingerprint density at radius 2 is 1.85 bits per heavy atom. The Balaban J connectivity index is 1.64. The lowest BCUT2D eigenvalue weighted by Gasteiger charge is -2.30. The molecule has 2 heterocycles.